The monoisotopic (exact) mass is 492 g/mol. The number of imide groups is 1. The van der Waals surface area contributed by atoms with Crippen molar-refractivity contribution in [1.82, 2.24) is 4.90 Å². The van der Waals surface area contributed by atoms with E-state index >= 15 is 0 Å². The molecule has 0 saturated carbocycles. The smallest absolute Gasteiger partial charge is 0.293 e. The lowest BCUT2D eigenvalue weighted by molar-refractivity contribution is -0.123. The van der Waals surface area contributed by atoms with E-state index in [0.29, 0.717) is 26.8 Å². The molecule has 1 heterocycles. The summed E-state index contributed by atoms with van der Waals surface area (Å²) in [7, 11) is 0. The molecule has 0 aromatic heterocycles. The minimum Gasteiger partial charge on any atom is -0.484 e. The average molecular weight is 493 g/mol. The van der Waals surface area contributed by atoms with E-state index in [0.717, 1.165) is 23.0 Å². The Balaban J connectivity index is 1.40. The molecule has 8 heteroatoms. The van der Waals surface area contributed by atoms with Crippen LogP contribution in [0.5, 0.6) is 5.75 Å². The number of carbonyl (C=O) groups is 3. The molecule has 1 aliphatic rings. The lowest BCUT2D eigenvalue weighted by Crippen LogP contribution is -2.27. The molecule has 0 radical (unpaired) electrons. The van der Waals surface area contributed by atoms with Crippen LogP contribution < -0.4 is 10.1 Å². The van der Waals surface area contributed by atoms with E-state index in [1.165, 1.54) is 4.90 Å². The molecule has 4 rings (SSSR count). The highest BCUT2D eigenvalue weighted by Gasteiger charge is 2.35. The summed E-state index contributed by atoms with van der Waals surface area (Å²) in [5.41, 5.74) is 3.07. The van der Waals surface area contributed by atoms with Crippen LogP contribution in [0.3, 0.4) is 0 Å². The molecule has 0 unspecified atom stereocenters. The van der Waals surface area contributed by atoms with Gasteiger partial charge in [0, 0.05) is 10.7 Å². The Bertz CT molecular complexity index is 1290. The Kier molecular flexibility index (Phi) is 7.35. The first-order valence-electron chi connectivity index (χ1n) is 10.5. The minimum absolute atomic E-state index is 0.112. The van der Waals surface area contributed by atoms with Gasteiger partial charge in [0.2, 0.25) is 0 Å². The summed E-state index contributed by atoms with van der Waals surface area (Å²) < 4.78 is 5.62. The molecular formula is C26H21ClN2O4S. The quantitative estimate of drug-likeness (QED) is 0.415. The molecule has 0 atom stereocenters. The number of halogens is 1. The van der Waals surface area contributed by atoms with Crippen LogP contribution in [0.2, 0.25) is 5.02 Å². The van der Waals surface area contributed by atoms with Crippen molar-refractivity contribution in [1.29, 1.82) is 0 Å². The number of para-hydroxylation sites is 1. The number of carbonyl (C=O) groups excluding carboxylic acids is 3. The van der Waals surface area contributed by atoms with Gasteiger partial charge in [0.05, 0.1) is 11.4 Å². The third kappa shape index (κ3) is 5.68. The Morgan fingerprint density at radius 3 is 2.62 bits per heavy atom. The first-order valence-corrected chi connectivity index (χ1v) is 11.7. The molecular weight excluding hydrogens is 472 g/mol. The number of nitrogens with one attached hydrogen (secondary N) is 1. The van der Waals surface area contributed by atoms with E-state index in [1.54, 1.807) is 48.5 Å². The Morgan fingerprint density at radius 1 is 1.06 bits per heavy atom. The topological polar surface area (TPSA) is 75.7 Å². The summed E-state index contributed by atoms with van der Waals surface area (Å²) in [5, 5.41) is 2.97. The van der Waals surface area contributed by atoms with E-state index in [4.69, 9.17) is 16.3 Å². The number of hydrogen-bond donors (Lipinski definition) is 1. The first-order chi connectivity index (χ1) is 16.4. The van der Waals surface area contributed by atoms with Gasteiger partial charge in [-0.1, -0.05) is 60.1 Å². The van der Waals surface area contributed by atoms with E-state index in [9.17, 15) is 14.4 Å². The maximum atomic E-state index is 12.8. The Labute approximate surface area is 206 Å². The van der Waals surface area contributed by atoms with Gasteiger partial charge in [0.1, 0.15) is 5.75 Å². The number of hydrogen-bond acceptors (Lipinski definition) is 5. The molecule has 0 bridgehead atoms. The predicted molar refractivity (Wildman–Crippen MR) is 135 cm³/mol. The van der Waals surface area contributed by atoms with Crippen LogP contribution in [-0.2, 0) is 16.1 Å². The second kappa shape index (κ2) is 10.6. The molecule has 1 saturated heterocycles. The highest BCUT2D eigenvalue weighted by Crippen LogP contribution is 2.34. The third-order valence-corrected chi connectivity index (χ3v) is 6.38. The molecule has 3 aromatic carbocycles. The number of rotatable bonds is 7. The van der Waals surface area contributed by atoms with Crippen molar-refractivity contribution in [3.63, 3.8) is 0 Å². The summed E-state index contributed by atoms with van der Waals surface area (Å²) in [6.07, 6.45) is 1.64. The number of aryl methyl sites for hydroxylation is 1. The summed E-state index contributed by atoms with van der Waals surface area (Å²) in [5.74, 6) is -0.178. The SMILES string of the molecule is Cc1ccccc1NC(=O)COc1cccc(/C=C2\SC(=O)N(Cc3ccccc3Cl)C2=O)c1. The number of benzene rings is 3. The fourth-order valence-electron chi connectivity index (χ4n) is 3.33. The van der Waals surface area contributed by atoms with E-state index in [-0.39, 0.29) is 30.2 Å². The Hall–Kier alpha value is -3.55. The van der Waals surface area contributed by atoms with Crippen molar-refractivity contribution in [2.45, 2.75) is 13.5 Å². The number of amides is 3. The summed E-state index contributed by atoms with van der Waals surface area (Å²) in [6, 6.07) is 21.6. The van der Waals surface area contributed by atoms with Crippen LogP contribution in [0.4, 0.5) is 10.5 Å². The molecule has 34 heavy (non-hydrogen) atoms. The van der Waals surface area contributed by atoms with Crippen LogP contribution in [0.25, 0.3) is 6.08 Å². The van der Waals surface area contributed by atoms with Gasteiger partial charge in [0.15, 0.2) is 6.61 Å². The van der Waals surface area contributed by atoms with Crippen LogP contribution in [-0.4, -0.2) is 28.6 Å². The molecule has 0 aliphatic carbocycles. The average Bonchev–Trinajstić information content (AvgIpc) is 3.08. The van der Waals surface area contributed by atoms with Crippen molar-refractivity contribution in [3.05, 3.63) is 99.4 Å². The maximum Gasteiger partial charge on any atom is 0.293 e. The van der Waals surface area contributed by atoms with Gasteiger partial charge >= 0.3 is 0 Å². The highest BCUT2D eigenvalue weighted by atomic mass is 35.5. The van der Waals surface area contributed by atoms with Gasteiger partial charge in [-0.3, -0.25) is 19.3 Å². The van der Waals surface area contributed by atoms with Crippen molar-refractivity contribution in [3.8, 4) is 5.75 Å². The van der Waals surface area contributed by atoms with Gasteiger partial charge in [-0.2, -0.15) is 0 Å². The summed E-state index contributed by atoms with van der Waals surface area (Å²) in [6.45, 7) is 1.86. The van der Waals surface area contributed by atoms with Gasteiger partial charge < -0.3 is 10.1 Å². The van der Waals surface area contributed by atoms with Crippen molar-refractivity contribution in [2.75, 3.05) is 11.9 Å². The van der Waals surface area contributed by atoms with Crippen LogP contribution in [0.1, 0.15) is 16.7 Å². The van der Waals surface area contributed by atoms with Gasteiger partial charge in [0.25, 0.3) is 17.1 Å². The second-order valence-electron chi connectivity index (χ2n) is 7.58. The van der Waals surface area contributed by atoms with Gasteiger partial charge in [-0.25, -0.2) is 0 Å². The van der Waals surface area contributed by atoms with Crippen molar-refractivity contribution < 1.29 is 19.1 Å². The zero-order valence-electron chi connectivity index (χ0n) is 18.3. The van der Waals surface area contributed by atoms with E-state index in [1.807, 2.05) is 37.3 Å². The molecule has 1 fully saturated rings. The molecule has 6 nitrogen and oxygen atoms in total. The van der Waals surface area contributed by atoms with Gasteiger partial charge in [-0.05, 0) is 65.7 Å². The number of thioether (sulfide) groups is 1. The highest BCUT2D eigenvalue weighted by molar-refractivity contribution is 8.18. The largest absolute Gasteiger partial charge is 0.484 e. The lowest BCUT2D eigenvalue weighted by atomic mass is 10.2. The van der Waals surface area contributed by atoms with Crippen LogP contribution in [0.15, 0.2) is 77.7 Å². The molecule has 1 aliphatic heterocycles. The lowest BCUT2D eigenvalue weighted by Gasteiger charge is -2.13. The summed E-state index contributed by atoms with van der Waals surface area (Å²) >= 11 is 7.05. The van der Waals surface area contributed by atoms with E-state index < -0.39 is 0 Å². The zero-order valence-corrected chi connectivity index (χ0v) is 19.9. The third-order valence-electron chi connectivity index (χ3n) is 5.10. The maximum absolute atomic E-state index is 12.8. The Morgan fingerprint density at radius 2 is 1.82 bits per heavy atom. The van der Waals surface area contributed by atoms with E-state index in [2.05, 4.69) is 5.32 Å². The van der Waals surface area contributed by atoms with Crippen LogP contribution in [0, 0.1) is 6.92 Å². The fraction of sp³-hybridized carbons (Fsp3) is 0.115. The minimum atomic E-state index is -0.376. The molecule has 0 spiro atoms. The molecule has 1 N–H and O–H groups in total. The summed E-state index contributed by atoms with van der Waals surface area (Å²) in [4.78, 5) is 39.0. The zero-order chi connectivity index (χ0) is 24.1. The van der Waals surface area contributed by atoms with Gasteiger partial charge in [-0.15, -0.1) is 0 Å². The molecule has 3 amide bonds. The number of ether oxygens (including phenoxy) is 1. The second-order valence-corrected chi connectivity index (χ2v) is 8.98. The predicted octanol–water partition coefficient (Wildman–Crippen LogP) is 5.90. The molecule has 3 aromatic rings. The standard InChI is InChI=1S/C26H21ClN2O4S/c1-17-7-2-5-12-22(17)28-24(30)16-33-20-10-6-8-18(13-20)14-23-25(31)29(26(32)34-23)15-19-9-3-4-11-21(19)27/h2-14H,15-16H2,1H3,(H,28,30)/b23-14-. The molecule has 172 valence electrons. The van der Waals surface area contributed by atoms with Crippen LogP contribution >= 0.6 is 23.4 Å². The fourth-order valence-corrected chi connectivity index (χ4v) is 4.36. The number of anilines is 1. The van der Waals surface area contributed by atoms with Crippen molar-refractivity contribution >= 4 is 52.2 Å². The van der Waals surface area contributed by atoms with Crippen molar-refractivity contribution in [2.24, 2.45) is 0 Å². The number of nitrogens with zero attached hydrogens (tertiary/aromatic N) is 1. The normalized spacial score (nSPS) is 14.5. The first kappa shape index (κ1) is 23.6.